The Kier molecular flexibility index (Phi) is 4.76. The second-order valence-corrected chi connectivity index (χ2v) is 3.06. The molecule has 0 bridgehead atoms. The number of hydrogen-bond acceptors (Lipinski definition) is 1. The molecular formula is C7H14F3N2O+. The van der Waals surface area contributed by atoms with E-state index in [0.717, 1.165) is 11.4 Å². The zero-order chi connectivity index (χ0) is 10.5. The van der Waals surface area contributed by atoms with Crippen molar-refractivity contribution in [2.24, 2.45) is 0 Å². The van der Waals surface area contributed by atoms with E-state index in [9.17, 15) is 18.0 Å². The van der Waals surface area contributed by atoms with Gasteiger partial charge in [-0.15, -0.1) is 0 Å². The number of carbonyl (C=O) groups excluding carboxylic acids is 1. The van der Waals surface area contributed by atoms with Gasteiger partial charge in [-0.05, 0) is 0 Å². The van der Waals surface area contributed by atoms with Crippen LogP contribution in [0.4, 0.5) is 13.2 Å². The average Bonchev–Trinajstić information content (AvgIpc) is 1.95. The second kappa shape index (κ2) is 5.06. The monoisotopic (exact) mass is 199 g/mol. The molecule has 78 valence electrons. The van der Waals surface area contributed by atoms with Gasteiger partial charge in [-0.1, -0.05) is 0 Å². The van der Waals surface area contributed by atoms with Gasteiger partial charge in [0, 0.05) is 13.0 Å². The summed E-state index contributed by atoms with van der Waals surface area (Å²) in [4.78, 5) is 11.4. The summed E-state index contributed by atoms with van der Waals surface area (Å²) in [6, 6.07) is 0. The normalized spacial score (nSPS) is 11.8. The van der Waals surface area contributed by atoms with Crippen LogP contribution < -0.4 is 10.2 Å². The highest BCUT2D eigenvalue weighted by Gasteiger charge is 2.38. The summed E-state index contributed by atoms with van der Waals surface area (Å²) >= 11 is 0. The number of quaternary nitrogens is 1. The number of rotatable bonds is 4. The molecule has 0 saturated carbocycles. The van der Waals surface area contributed by atoms with Gasteiger partial charge < -0.3 is 10.2 Å². The lowest BCUT2D eigenvalue weighted by Gasteiger charge is -2.09. The van der Waals surface area contributed by atoms with Gasteiger partial charge in [0.15, 0.2) is 0 Å². The third kappa shape index (κ3) is 6.39. The van der Waals surface area contributed by atoms with Crippen LogP contribution in [0, 0.1) is 0 Å². The van der Waals surface area contributed by atoms with Crippen molar-refractivity contribution in [3.63, 3.8) is 0 Å². The smallest absolute Gasteiger partial charge is 0.348 e. The number of halogens is 3. The van der Waals surface area contributed by atoms with Crippen molar-refractivity contribution in [3.05, 3.63) is 0 Å². The van der Waals surface area contributed by atoms with Gasteiger partial charge in [0.1, 0.15) is 0 Å². The predicted molar refractivity (Wildman–Crippen MR) is 41.4 cm³/mol. The molecule has 0 unspecified atom stereocenters. The highest BCUT2D eigenvalue weighted by atomic mass is 19.4. The maximum atomic E-state index is 11.6. The Morgan fingerprint density at radius 1 is 1.38 bits per heavy atom. The molecule has 0 aromatic rings. The minimum absolute atomic E-state index is 0.0729. The van der Waals surface area contributed by atoms with Crippen molar-refractivity contribution in [1.82, 2.24) is 5.32 Å². The molecule has 3 nitrogen and oxygen atoms in total. The van der Waals surface area contributed by atoms with Gasteiger partial charge in [-0.25, -0.2) is 0 Å². The summed E-state index contributed by atoms with van der Waals surface area (Å²) in [5.41, 5.74) is 0. The third-order valence-electron chi connectivity index (χ3n) is 1.40. The number of amides is 1. The zero-order valence-corrected chi connectivity index (χ0v) is 7.66. The Morgan fingerprint density at radius 2 is 1.92 bits per heavy atom. The van der Waals surface area contributed by atoms with Crippen LogP contribution >= 0.6 is 0 Å². The Morgan fingerprint density at radius 3 is 2.31 bits per heavy atom. The first-order valence-electron chi connectivity index (χ1n) is 3.98. The Balaban J connectivity index is 3.49. The van der Waals surface area contributed by atoms with Crippen molar-refractivity contribution in [1.29, 1.82) is 0 Å². The summed E-state index contributed by atoms with van der Waals surface area (Å²) in [7, 11) is 3.79. The zero-order valence-electron chi connectivity index (χ0n) is 7.66. The highest BCUT2D eigenvalue weighted by Crippen LogP contribution is 2.13. The van der Waals surface area contributed by atoms with Crippen LogP contribution in [0.3, 0.4) is 0 Å². The minimum Gasteiger partial charge on any atom is -0.348 e. The van der Waals surface area contributed by atoms with E-state index in [1.165, 1.54) is 0 Å². The average molecular weight is 199 g/mol. The molecule has 1 amide bonds. The third-order valence-corrected chi connectivity index (χ3v) is 1.40. The fourth-order valence-corrected chi connectivity index (χ4v) is 0.744. The lowest BCUT2D eigenvalue weighted by molar-refractivity contribution is -0.858. The number of carbonyl (C=O) groups is 1. The standard InChI is InChI=1S/C7H13F3N2O/c1-12(2)5-3-4-11-6(13)7(8,9)10/h3-5H2,1-2H3,(H,11,13)/p+1. The van der Waals surface area contributed by atoms with E-state index >= 15 is 0 Å². The van der Waals surface area contributed by atoms with E-state index in [-0.39, 0.29) is 6.54 Å². The van der Waals surface area contributed by atoms with Gasteiger partial charge in [0.2, 0.25) is 0 Å². The summed E-state index contributed by atoms with van der Waals surface area (Å²) in [5.74, 6) is -1.86. The fraction of sp³-hybridized carbons (Fsp3) is 0.857. The van der Waals surface area contributed by atoms with Crippen molar-refractivity contribution in [3.8, 4) is 0 Å². The molecule has 0 atom stereocenters. The predicted octanol–water partition coefficient (Wildman–Crippen LogP) is -0.800. The van der Waals surface area contributed by atoms with Crippen molar-refractivity contribution in [2.75, 3.05) is 27.2 Å². The molecular weight excluding hydrogens is 185 g/mol. The van der Waals surface area contributed by atoms with Gasteiger partial charge in [-0.3, -0.25) is 4.79 Å². The molecule has 0 rings (SSSR count). The van der Waals surface area contributed by atoms with E-state index < -0.39 is 12.1 Å². The molecule has 13 heavy (non-hydrogen) atoms. The molecule has 0 aliphatic carbocycles. The SMILES string of the molecule is C[NH+](C)CCCNC(=O)C(F)(F)F. The fourth-order valence-electron chi connectivity index (χ4n) is 0.744. The number of nitrogens with one attached hydrogen (secondary N) is 2. The molecule has 0 aromatic carbocycles. The van der Waals surface area contributed by atoms with E-state index in [1.54, 1.807) is 5.32 Å². The van der Waals surface area contributed by atoms with Crippen LogP contribution in [0.5, 0.6) is 0 Å². The summed E-state index contributed by atoms with van der Waals surface area (Å²) in [5, 5.41) is 1.80. The van der Waals surface area contributed by atoms with E-state index in [2.05, 4.69) is 0 Å². The second-order valence-electron chi connectivity index (χ2n) is 3.06. The van der Waals surface area contributed by atoms with Gasteiger partial charge in [0.25, 0.3) is 0 Å². The number of alkyl halides is 3. The van der Waals surface area contributed by atoms with Crippen LogP contribution in [0.2, 0.25) is 0 Å². The molecule has 0 fully saturated rings. The molecule has 0 spiro atoms. The van der Waals surface area contributed by atoms with Crippen LogP contribution in [-0.4, -0.2) is 39.3 Å². The van der Waals surface area contributed by atoms with Crippen LogP contribution in [0.25, 0.3) is 0 Å². The van der Waals surface area contributed by atoms with Gasteiger partial charge in [0.05, 0.1) is 20.6 Å². The van der Waals surface area contributed by atoms with Crippen LogP contribution in [0.15, 0.2) is 0 Å². The van der Waals surface area contributed by atoms with Gasteiger partial charge >= 0.3 is 12.1 Å². The Bertz CT molecular complexity index is 168. The molecule has 0 aromatic heterocycles. The first-order valence-corrected chi connectivity index (χ1v) is 3.98. The van der Waals surface area contributed by atoms with Crippen molar-refractivity contribution >= 4 is 5.91 Å². The maximum absolute atomic E-state index is 11.6. The lowest BCUT2D eigenvalue weighted by atomic mass is 10.4. The van der Waals surface area contributed by atoms with E-state index in [1.807, 2.05) is 14.1 Å². The molecule has 2 N–H and O–H groups in total. The van der Waals surface area contributed by atoms with E-state index in [0.29, 0.717) is 6.42 Å². The molecule has 6 heteroatoms. The van der Waals surface area contributed by atoms with Crippen molar-refractivity contribution in [2.45, 2.75) is 12.6 Å². The highest BCUT2D eigenvalue weighted by molar-refractivity contribution is 5.81. The largest absolute Gasteiger partial charge is 0.471 e. The topological polar surface area (TPSA) is 33.5 Å². The Labute approximate surface area is 74.9 Å². The van der Waals surface area contributed by atoms with Crippen LogP contribution in [0.1, 0.15) is 6.42 Å². The quantitative estimate of drug-likeness (QED) is 0.571. The van der Waals surface area contributed by atoms with Crippen molar-refractivity contribution < 1.29 is 22.9 Å². The molecule has 0 saturated heterocycles. The number of hydrogen-bond donors (Lipinski definition) is 2. The molecule has 0 aliphatic rings. The summed E-state index contributed by atoms with van der Waals surface area (Å²) in [6.45, 7) is 0.807. The summed E-state index contributed by atoms with van der Waals surface area (Å²) < 4.78 is 34.9. The molecule has 0 aliphatic heterocycles. The summed E-state index contributed by atoms with van der Waals surface area (Å²) in [6.07, 6.45) is -4.21. The minimum atomic E-state index is -4.76. The Hall–Kier alpha value is -0.780. The maximum Gasteiger partial charge on any atom is 0.471 e. The first kappa shape index (κ1) is 12.2. The first-order chi connectivity index (χ1) is 5.84. The van der Waals surface area contributed by atoms with Gasteiger partial charge in [-0.2, -0.15) is 13.2 Å². The molecule has 0 radical (unpaired) electrons. The van der Waals surface area contributed by atoms with E-state index in [4.69, 9.17) is 0 Å². The lowest BCUT2D eigenvalue weighted by Crippen LogP contribution is -3.05. The van der Waals surface area contributed by atoms with Crippen LogP contribution in [-0.2, 0) is 4.79 Å². The molecule has 0 heterocycles.